The van der Waals surface area contributed by atoms with Crippen LogP contribution < -0.4 is 20.5 Å². The highest BCUT2D eigenvalue weighted by atomic mass is 127. The molecule has 0 amide bonds. The van der Waals surface area contributed by atoms with Crippen molar-refractivity contribution in [1.82, 2.24) is 0 Å². The monoisotopic (exact) mass is 405 g/mol. The lowest BCUT2D eigenvalue weighted by atomic mass is 10.2. The number of hydrogen-bond acceptors (Lipinski definition) is 3. The van der Waals surface area contributed by atoms with E-state index < -0.39 is 0 Å². The average molecular weight is 405 g/mol. The van der Waals surface area contributed by atoms with Crippen molar-refractivity contribution >= 4 is 35.6 Å². The van der Waals surface area contributed by atoms with Gasteiger partial charge in [-0.3, -0.25) is 4.99 Å². The first-order chi connectivity index (χ1) is 9.79. The number of anilines is 1. The van der Waals surface area contributed by atoms with E-state index in [4.69, 9.17) is 15.2 Å². The van der Waals surface area contributed by atoms with E-state index in [2.05, 4.69) is 17.2 Å². The fourth-order valence-electron chi connectivity index (χ4n) is 1.99. The largest absolute Gasteiger partial charge is 0.490 e. The molecular weight excluding hydrogens is 381 g/mol. The Kier molecular flexibility index (Phi) is 8.26. The molecule has 0 bridgehead atoms. The lowest BCUT2D eigenvalue weighted by molar-refractivity contribution is 0.297. The van der Waals surface area contributed by atoms with E-state index in [1.807, 2.05) is 18.2 Å². The Balaban J connectivity index is 0.00000220. The zero-order valence-corrected chi connectivity index (χ0v) is 14.8. The van der Waals surface area contributed by atoms with Crippen molar-refractivity contribution in [3.05, 3.63) is 18.2 Å². The molecule has 21 heavy (non-hydrogen) atoms. The number of nitrogens with one attached hydrogen (secondary N) is 1. The number of benzene rings is 1. The molecule has 1 aromatic rings. The summed E-state index contributed by atoms with van der Waals surface area (Å²) in [7, 11) is 0. The number of nitrogens with zero attached hydrogens (tertiary/aromatic N) is 1. The van der Waals surface area contributed by atoms with Crippen molar-refractivity contribution in [3.63, 3.8) is 0 Å². The number of fused-ring (bicyclic) bond motifs is 1. The molecule has 1 aromatic carbocycles. The van der Waals surface area contributed by atoms with Gasteiger partial charge in [0.1, 0.15) is 0 Å². The molecule has 0 saturated carbocycles. The van der Waals surface area contributed by atoms with E-state index in [9.17, 15) is 0 Å². The van der Waals surface area contributed by atoms with Crippen LogP contribution in [-0.2, 0) is 0 Å². The molecule has 1 heterocycles. The topological polar surface area (TPSA) is 68.9 Å². The van der Waals surface area contributed by atoms with Gasteiger partial charge in [0, 0.05) is 24.7 Å². The number of nitrogens with two attached hydrogens (primary N) is 1. The second-order valence-corrected chi connectivity index (χ2v) is 4.81. The molecule has 3 N–H and O–H groups in total. The molecule has 0 aliphatic carbocycles. The van der Waals surface area contributed by atoms with Crippen LogP contribution in [0.2, 0.25) is 0 Å². The third-order valence-corrected chi connectivity index (χ3v) is 3.06. The van der Waals surface area contributed by atoms with Crippen LogP contribution in [0, 0.1) is 0 Å². The SMILES string of the molecule is CCCCCN=C(N)Nc1ccc2c(c1)OCCCO2.I. The van der Waals surface area contributed by atoms with Gasteiger partial charge in [-0.25, -0.2) is 0 Å². The average Bonchev–Trinajstić information content (AvgIpc) is 2.68. The molecule has 0 saturated heterocycles. The molecule has 0 unspecified atom stereocenters. The summed E-state index contributed by atoms with van der Waals surface area (Å²) in [4.78, 5) is 4.30. The molecule has 1 aliphatic heterocycles. The van der Waals surface area contributed by atoms with Crippen LogP contribution in [-0.4, -0.2) is 25.7 Å². The van der Waals surface area contributed by atoms with Gasteiger partial charge in [-0.05, 0) is 18.6 Å². The molecule has 0 aromatic heterocycles. The van der Waals surface area contributed by atoms with E-state index in [0.717, 1.165) is 36.6 Å². The fourth-order valence-corrected chi connectivity index (χ4v) is 1.99. The molecular formula is C15H24IN3O2. The molecule has 0 fully saturated rings. The van der Waals surface area contributed by atoms with Crippen molar-refractivity contribution in [2.24, 2.45) is 10.7 Å². The van der Waals surface area contributed by atoms with Crippen LogP contribution in [0.3, 0.4) is 0 Å². The maximum absolute atomic E-state index is 5.86. The first-order valence-electron chi connectivity index (χ1n) is 7.26. The first kappa shape index (κ1) is 17.9. The Bertz CT molecular complexity index is 466. The number of ether oxygens (including phenoxy) is 2. The van der Waals surface area contributed by atoms with E-state index in [-0.39, 0.29) is 24.0 Å². The smallest absolute Gasteiger partial charge is 0.193 e. The highest BCUT2D eigenvalue weighted by Gasteiger charge is 2.10. The van der Waals surface area contributed by atoms with Gasteiger partial charge in [0.2, 0.25) is 0 Å². The molecule has 5 nitrogen and oxygen atoms in total. The van der Waals surface area contributed by atoms with E-state index >= 15 is 0 Å². The molecule has 118 valence electrons. The molecule has 1 aliphatic rings. The number of unbranched alkanes of at least 4 members (excludes halogenated alkanes) is 2. The number of halogens is 1. The maximum Gasteiger partial charge on any atom is 0.193 e. The Morgan fingerprint density at radius 1 is 1.24 bits per heavy atom. The highest BCUT2D eigenvalue weighted by Crippen LogP contribution is 2.32. The molecule has 0 radical (unpaired) electrons. The molecule has 0 atom stereocenters. The normalized spacial score (nSPS) is 14.0. The van der Waals surface area contributed by atoms with Crippen molar-refractivity contribution in [3.8, 4) is 11.5 Å². The third-order valence-electron chi connectivity index (χ3n) is 3.06. The summed E-state index contributed by atoms with van der Waals surface area (Å²) in [5, 5.41) is 3.08. The van der Waals surface area contributed by atoms with Gasteiger partial charge in [0.15, 0.2) is 17.5 Å². The van der Waals surface area contributed by atoms with Gasteiger partial charge < -0.3 is 20.5 Å². The maximum atomic E-state index is 5.86. The van der Waals surface area contributed by atoms with Crippen molar-refractivity contribution < 1.29 is 9.47 Å². The van der Waals surface area contributed by atoms with Crippen molar-refractivity contribution in [2.45, 2.75) is 32.6 Å². The van der Waals surface area contributed by atoms with Crippen molar-refractivity contribution in [1.29, 1.82) is 0 Å². The van der Waals surface area contributed by atoms with Gasteiger partial charge in [-0.2, -0.15) is 0 Å². The van der Waals surface area contributed by atoms with Crippen LogP contribution in [0.4, 0.5) is 5.69 Å². The van der Waals surface area contributed by atoms with Crippen molar-refractivity contribution in [2.75, 3.05) is 25.1 Å². The lowest BCUT2D eigenvalue weighted by Gasteiger charge is -2.10. The summed E-state index contributed by atoms with van der Waals surface area (Å²) in [6.45, 7) is 4.30. The Hall–Kier alpha value is -1.18. The summed E-state index contributed by atoms with van der Waals surface area (Å²) < 4.78 is 11.2. The standard InChI is InChI=1S/C15H23N3O2.HI/c1-2-3-4-8-17-15(16)18-12-6-7-13-14(11-12)20-10-5-9-19-13;/h6-7,11H,2-5,8-10H2,1H3,(H3,16,17,18);1H. The third kappa shape index (κ3) is 5.99. The molecule has 0 spiro atoms. The summed E-state index contributed by atoms with van der Waals surface area (Å²) in [5.41, 5.74) is 6.73. The van der Waals surface area contributed by atoms with Gasteiger partial charge in [-0.1, -0.05) is 19.8 Å². The zero-order valence-electron chi connectivity index (χ0n) is 12.4. The highest BCUT2D eigenvalue weighted by molar-refractivity contribution is 14.0. The molecule has 2 rings (SSSR count). The van der Waals surface area contributed by atoms with E-state index in [1.54, 1.807) is 0 Å². The van der Waals surface area contributed by atoms with Gasteiger partial charge in [0.25, 0.3) is 0 Å². The fraction of sp³-hybridized carbons (Fsp3) is 0.533. The molecule has 6 heteroatoms. The number of aliphatic imine (C=N–C) groups is 1. The Labute approximate surface area is 143 Å². The summed E-state index contributed by atoms with van der Waals surface area (Å²) >= 11 is 0. The summed E-state index contributed by atoms with van der Waals surface area (Å²) in [6, 6.07) is 5.71. The van der Waals surface area contributed by atoms with Crippen LogP contribution in [0.15, 0.2) is 23.2 Å². The minimum absolute atomic E-state index is 0. The van der Waals surface area contributed by atoms with Crippen LogP contribution in [0.25, 0.3) is 0 Å². The quantitative estimate of drug-likeness (QED) is 0.341. The predicted molar refractivity (Wildman–Crippen MR) is 97.1 cm³/mol. The van der Waals surface area contributed by atoms with E-state index in [1.165, 1.54) is 12.8 Å². The first-order valence-corrected chi connectivity index (χ1v) is 7.26. The van der Waals surface area contributed by atoms with Crippen LogP contribution in [0.5, 0.6) is 11.5 Å². The number of rotatable bonds is 5. The number of guanidine groups is 1. The minimum Gasteiger partial charge on any atom is -0.490 e. The Morgan fingerprint density at radius 3 is 2.76 bits per heavy atom. The summed E-state index contributed by atoms with van der Waals surface area (Å²) in [5.74, 6) is 1.98. The Morgan fingerprint density at radius 2 is 2.00 bits per heavy atom. The number of hydrogen-bond donors (Lipinski definition) is 2. The zero-order chi connectivity index (χ0) is 14.2. The van der Waals surface area contributed by atoms with Gasteiger partial charge in [-0.15, -0.1) is 24.0 Å². The predicted octanol–water partition coefficient (Wildman–Crippen LogP) is 3.38. The van der Waals surface area contributed by atoms with Crippen LogP contribution in [0.1, 0.15) is 32.6 Å². The minimum atomic E-state index is 0. The lowest BCUT2D eigenvalue weighted by Crippen LogP contribution is -2.22. The van der Waals surface area contributed by atoms with Gasteiger partial charge in [0.05, 0.1) is 13.2 Å². The van der Waals surface area contributed by atoms with E-state index in [0.29, 0.717) is 19.2 Å². The van der Waals surface area contributed by atoms with Gasteiger partial charge >= 0.3 is 0 Å². The van der Waals surface area contributed by atoms with Crippen LogP contribution >= 0.6 is 24.0 Å². The second kappa shape index (κ2) is 9.70. The second-order valence-electron chi connectivity index (χ2n) is 4.81. The summed E-state index contributed by atoms with van der Waals surface area (Å²) in [6.07, 6.45) is 4.34.